The van der Waals surface area contributed by atoms with Crippen molar-refractivity contribution in [3.05, 3.63) is 39.9 Å². The van der Waals surface area contributed by atoms with Gasteiger partial charge in [-0.3, -0.25) is 15.1 Å². The highest BCUT2D eigenvalue weighted by molar-refractivity contribution is 5.84. The molecular weight excluding hydrogens is 252 g/mol. The number of aliphatic hydroxyl groups is 1. The summed E-state index contributed by atoms with van der Waals surface area (Å²) in [4.78, 5) is 25.3. The third kappa shape index (κ3) is 4.47. The van der Waals surface area contributed by atoms with Gasteiger partial charge < -0.3 is 9.84 Å². The van der Waals surface area contributed by atoms with E-state index < -0.39 is 23.5 Å². The molecule has 0 amide bonds. The number of nitrogens with zero attached hydrogens (tertiary/aromatic N) is 2. The lowest BCUT2D eigenvalue weighted by Gasteiger charge is -2.07. The Bertz CT molecular complexity index is 487. The second-order valence-corrected chi connectivity index (χ2v) is 3.58. The molecule has 102 valence electrons. The largest absolute Gasteiger partial charge is 0.464 e. The number of carbonyl (C=O) groups excluding carboxylic acids is 1. The van der Waals surface area contributed by atoms with Crippen molar-refractivity contribution in [2.24, 2.45) is 4.99 Å². The highest BCUT2D eigenvalue weighted by Crippen LogP contribution is 2.11. The van der Waals surface area contributed by atoms with Gasteiger partial charge in [-0.1, -0.05) is 12.1 Å². The van der Waals surface area contributed by atoms with Crippen LogP contribution in [0.4, 0.5) is 5.69 Å². The zero-order valence-corrected chi connectivity index (χ0v) is 10.4. The summed E-state index contributed by atoms with van der Waals surface area (Å²) >= 11 is 0. The lowest BCUT2D eigenvalue weighted by atomic mass is 10.2. The fraction of sp³-hybridized carbons (Fsp3) is 0.333. The summed E-state index contributed by atoms with van der Waals surface area (Å²) < 4.78 is 4.72. The molecular formula is C12H14N2O5. The van der Waals surface area contributed by atoms with E-state index in [2.05, 4.69) is 4.99 Å². The van der Waals surface area contributed by atoms with Gasteiger partial charge in [0.15, 0.2) is 6.04 Å². The van der Waals surface area contributed by atoms with E-state index in [0.29, 0.717) is 5.56 Å². The van der Waals surface area contributed by atoms with E-state index >= 15 is 0 Å². The molecule has 7 heteroatoms. The highest BCUT2D eigenvalue weighted by atomic mass is 16.6. The van der Waals surface area contributed by atoms with Crippen molar-refractivity contribution in [3.63, 3.8) is 0 Å². The molecule has 19 heavy (non-hydrogen) atoms. The van der Waals surface area contributed by atoms with Crippen molar-refractivity contribution in [3.8, 4) is 0 Å². The standard InChI is InChI=1S/C12H14N2O5/c1-2-19-12(16)11(8-15)13-7-9-4-3-5-10(6-9)14(17)18/h3-7,11,15H,2,8H2,1H3. The molecule has 1 unspecified atom stereocenters. The third-order valence-corrected chi connectivity index (χ3v) is 2.22. The van der Waals surface area contributed by atoms with Gasteiger partial charge in [-0.15, -0.1) is 0 Å². The van der Waals surface area contributed by atoms with Crippen LogP contribution in [-0.4, -0.2) is 41.5 Å². The Hall–Kier alpha value is -2.28. The molecule has 0 spiro atoms. The number of aliphatic imine (C=N–C) groups is 1. The van der Waals surface area contributed by atoms with E-state index in [4.69, 9.17) is 9.84 Å². The minimum absolute atomic E-state index is 0.0689. The number of aliphatic hydroxyl groups excluding tert-OH is 1. The van der Waals surface area contributed by atoms with Crippen molar-refractivity contribution in [1.82, 2.24) is 0 Å². The number of nitro groups is 1. The van der Waals surface area contributed by atoms with Crippen molar-refractivity contribution in [1.29, 1.82) is 0 Å². The first-order valence-electron chi connectivity index (χ1n) is 5.63. The Morgan fingerprint density at radius 3 is 2.95 bits per heavy atom. The monoisotopic (exact) mass is 266 g/mol. The second-order valence-electron chi connectivity index (χ2n) is 3.58. The van der Waals surface area contributed by atoms with Crippen molar-refractivity contribution in [2.45, 2.75) is 13.0 Å². The van der Waals surface area contributed by atoms with Gasteiger partial charge in [-0.2, -0.15) is 0 Å². The molecule has 0 saturated heterocycles. The SMILES string of the molecule is CCOC(=O)C(CO)N=Cc1cccc([N+](=O)[O-])c1. The van der Waals surface area contributed by atoms with E-state index in [-0.39, 0.29) is 12.3 Å². The van der Waals surface area contributed by atoms with Crippen LogP contribution in [0, 0.1) is 10.1 Å². The van der Waals surface area contributed by atoms with Gasteiger partial charge in [0.2, 0.25) is 0 Å². The smallest absolute Gasteiger partial charge is 0.333 e. The topological polar surface area (TPSA) is 102 Å². The molecule has 0 bridgehead atoms. The molecule has 0 fully saturated rings. The van der Waals surface area contributed by atoms with Crippen molar-refractivity contribution in [2.75, 3.05) is 13.2 Å². The summed E-state index contributed by atoms with van der Waals surface area (Å²) in [5.41, 5.74) is 0.401. The van der Waals surface area contributed by atoms with Crippen LogP contribution in [0.2, 0.25) is 0 Å². The number of carbonyl (C=O) groups is 1. The van der Waals surface area contributed by atoms with Gasteiger partial charge in [0.05, 0.1) is 18.1 Å². The Labute approximate surface area is 109 Å². The molecule has 0 radical (unpaired) electrons. The lowest BCUT2D eigenvalue weighted by molar-refractivity contribution is -0.384. The number of nitro benzene ring substituents is 1. The molecule has 0 heterocycles. The van der Waals surface area contributed by atoms with Crippen LogP contribution < -0.4 is 0 Å². The first-order chi connectivity index (χ1) is 9.08. The van der Waals surface area contributed by atoms with Gasteiger partial charge in [0.1, 0.15) is 0 Å². The average Bonchev–Trinajstić information content (AvgIpc) is 2.40. The van der Waals surface area contributed by atoms with Crippen LogP contribution in [0.1, 0.15) is 12.5 Å². The number of non-ortho nitro benzene ring substituents is 1. The van der Waals surface area contributed by atoms with Gasteiger partial charge in [0.25, 0.3) is 5.69 Å². The van der Waals surface area contributed by atoms with E-state index in [1.54, 1.807) is 13.0 Å². The summed E-state index contributed by atoms with van der Waals surface area (Å²) in [6, 6.07) is 4.78. The maximum atomic E-state index is 11.4. The summed E-state index contributed by atoms with van der Waals surface area (Å²) in [6.45, 7) is 1.36. The number of ether oxygens (including phenoxy) is 1. The molecule has 0 saturated carbocycles. The Balaban J connectivity index is 2.81. The van der Waals surface area contributed by atoms with Crippen LogP contribution in [0.25, 0.3) is 0 Å². The quantitative estimate of drug-likeness (QED) is 0.357. The van der Waals surface area contributed by atoms with Crippen molar-refractivity contribution >= 4 is 17.9 Å². The Morgan fingerprint density at radius 1 is 1.63 bits per heavy atom. The molecule has 7 nitrogen and oxygen atoms in total. The molecule has 0 aliphatic rings. The predicted molar refractivity (Wildman–Crippen MR) is 68.2 cm³/mol. The molecule has 1 N–H and O–H groups in total. The van der Waals surface area contributed by atoms with Crippen LogP contribution in [-0.2, 0) is 9.53 Å². The summed E-state index contributed by atoms with van der Waals surface area (Å²) in [7, 11) is 0. The molecule has 1 atom stereocenters. The molecule has 0 aromatic heterocycles. The van der Waals surface area contributed by atoms with Crippen LogP contribution in [0.15, 0.2) is 29.3 Å². The zero-order chi connectivity index (χ0) is 14.3. The third-order valence-electron chi connectivity index (χ3n) is 2.22. The number of benzene rings is 1. The average molecular weight is 266 g/mol. The normalized spacial score (nSPS) is 12.3. The summed E-state index contributed by atoms with van der Waals surface area (Å²) in [5, 5.41) is 19.6. The minimum Gasteiger partial charge on any atom is -0.464 e. The maximum Gasteiger partial charge on any atom is 0.333 e. The first-order valence-corrected chi connectivity index (χ1v) is 5.63. The number of hydrogen-bond donors (Lipinski definition) is 1. The minimum atomic E-state index is -1.01. The van der Waals surface area contributed by atoms with E-state index in [9.17, 15) is 14.9 Å². The van der Waals surface area contributed by atoms with Gasteiger partial charge in [0, 0.05) is 18.3 Å². The summed E-state index contributed by atoms with van der Waals surface area (Å²) in [6.07, 6.45) is 1.30. The predicted octanol–water partition coefficient (Wildman–Crippen LogP) is 0.938. The van der Waals surface area contributed by atoms with E-state index in [0.717, 1.165) is 0 Å². The van der Waals surface area contributed by atoms with Gasteiger partial charge in [-0.05, 0) is 12.5 Å². The van der Waals surface area contributed by atoms with Crippen LogP contribution in [0.3, 0.4) is 0 Å². The van der Waals surface area contributed by atoms with Gasteiger partial charge >= 0.3 is 5.97 Å². The van der Waals surface area contributed by atoms with Crippen molar-refractivity contribution < 1.29 is 19.6 Å². The molecule has 0 aliphatic heterocycles. The maximum absolute atomic E-state index is 11.4. The van der Waals surface area contributed by atoms with Gasteiger partial charge in [-0.25, -0.2) is 4.79 Å². The number of esters is 1. The lowest BCUT2D eigenvalue weighted by Crippen LogP contribution is -2.25. The van der Waals surface area contributed by atoms with E-state index in [1.807, 2.05) is 0 Å². The second kappa shape index (κ2) is 7.22. The highest BCUT2D eigenvalue weighted by Gasteiger charge is 2.16. The molecule has 1 aromatic carbocycles. The number of hydrogen-bond acceptors (Lipinski definition) is 6. The summed E-state index contributed by atoms with van der Waals surface area (Å²) in [5.74, 6) is -0.633. The van der Waals surface area contributed by atoms with Crippen LogP contribution in [0.5, 0.6) is 0 Å². The van der Waals surface area contributed by atoms with E-state index in [1.165, 1.54) is 24.4 Å². The van der Waals surface area contributed by atoms with Crippen LogP contribution >= 0.6 is 0 Å². The zero-order valence-electron chi connectivity index (χ0n) is 10.4. The first kappa shape index (κ1) is 14.8. The Kier molecular flexibility index (Phi) is 5.62. The Morgan fingerprint density at radius 2 is 2.37 bits per heavy atom. The molecule has 1 rings (SSSR count). The molecule has 0 aliphatic carbocycles. The fourth-order valence-corrected chi connectivity index (χ4v) is 1.32. The fourth-order valence-electron chi connectivity index (χ4n) is 1.32. The molecule has 1 aromatic rings. The number of rotatable bonds is 6.